The molecule has 2 heteroatoms. The first-order chi connectivity index (χ1) is 30.5. The zero-order valence-corrected chi connectivity index (χ0v) is 35.0. The molecule has 296 valence electrons. The highest BCUT2D eigenvalue weighted by atomic mass is 15.1. The summed E-state index contributed by atoms with van der Waals surface area (Å²) >= 11 is 0. The number of hydrogen-bond donors (Lipinski definition) is 0. The fourth-order valence-corrected chi connectivity index (χ4v) is 8.29. The molecule has 10 aromatic carbocycles. The summed E-state index contributed by atoms with van der Waals surface area (Å²) in [4.78, 5) is 4.67. The van der Waals surface area contributed by atoms with E-state index in [0.717, 1.165) is 45.3 Å². The van der Waals surface area contributed by atoms with E-state index in [2.05, 4.69) is 266 Å². The molecule has 0 aliphatic rings. The molecular formula is C60H46N2. The molecule has 0 N–H and O–H groups in total. The lowest BCUT2D eigenvalue weighted by Gasteiger charge is -2.26. The normalized spacial score (nSPS) is 11.3. The number of benzene rings is 10. The molecule has 0 heterocycles. The van der Waals surface area contributed by atoms with E-state index in [9.17, 15) is 0 Å². The zero-order chi connectivity index (χ0) is 41.8. The Morgan fingerprint density at radius 3 is 0.871 bits per heavy atom. The summed E-state index contributed by atoms with van der Waals surface area (Å²) in [5.41, 5.74) is 16.4. The summed E-state index contributed by atoms with van der Waals surface area (Å²) in [5, 5.41) is 4.94. The molecule has 62 heavy (non-hydrogen) atoms. The molecule has 0 aromatic heterocycles. The smallest absolute Gasteiger partial charge is 0.0468 e. The molecular weight excluding hydrogens is 749 g/mol. The van der Waals surface area contributed by atoms with Crippen molar-refractivity contribution >= 4 is 67.8 Å². The number of nitrogens with zero attached hydrogens (tertiary/aromatic N) is 2. The maximum absolute atomic E-state index is 2.33. The van der Waals surface area contributed by atoms with Crippen LogP contribution in [0.15, 0.2) is 231 Å². The van der Waals surface area contributed by atoms with Crippen LogP contribution in [-0.4, -0.2) is 0 Å². The van der Waals surface area contributed by atoms with Gasteiger partial charge in [0.1, 0.15) is 0 Å². The highest BCUT2D eigenvalue weighted by Gasteiger charge is 2.15. The summed E-state index contributed by atoms with van der Waals surface area (Å²) in [6, 6.07) is 83.4. The lowest BCUT2D eigenvalue weighted by atomic mass is 10.0. The second-order valence-corrected chi connectivity index (χ2v) is 16.1. The van der Waals surface area contributed by atoms with E-state index in [0.29, 0.717) is 0 Å². The van der Waals surface area contributed by atoms with Crippen molar-refractivity contribution < 1.29 is 0 Å². The Kier molecular flexibility index (Phi) is 10.5. The molecule has 0 bridgehead atoms. The third-order valence-electron chi connectivity index (χ3n) is 11.8. The van der Waals surface area contributed by atoms with Gasteiger partial charge in [0.15, 0.2) is 0 Å². The predicted molar refractivity (Wildman–Crippen MR) is 267 cm³/mol. The monoisotopic (exact) mass is 794 g/mol. The summed E-state index contributed by atoms with van der Waals surface area (Å²) < 4.78 is 0. The van der Waals surface area contributed by atoms with Gasteiger partial charge in [0.25, 0.3) is 0 Å². The highest BCUT2D eigenvalue weighted by Crippen LogP contribution is 2.39. The second-order valence-electron chi connectivity index (χ2n) is 16.1. The van der Waals surface area contributed by atoms with Gasteiger partial charge in [-0.1, -0.05) is 181 Å². The molecule has 0 saturated heterocycles. The van der Waals surface area contributed by atoms with E-state index in [1.54, 1.807) is 0 Å². The number of anilines is 6. The first kappa shape index (κ1) is 38.3. The van der Waals surface area contributed by atoms with Crippen LogP contribution in [0, 0.1) is 13.8 Å². The number of rotatable bonds is 10. The van der Waals surface area contributed by atoms with E-state index < -0.39 is 0 Å². The maximum Gasteiger partial charge on any atom is 0.0468 e. The van der Waals surface area contributed by atoms with Crippen molar-refractivity contribution in [3.05, 3.63) is 253 Å². The molecule has 10 rings (SSSR count). The van der Waals surface area contributed by atoms with Gasteiger partial charge in [0.05, 0.1) is 0 Å². The Morgan fingerprint density at radius 1 is 0.258 bits per heavy atom. The summed E-state index contributed by atoms with van der Waals surface area (Å²) in [6.45, 7) is 4.26. The van der Waals surface area contributed by atoms with Crippen LogP contribution >= 0.6 is 0 Å². The van der Waals surface area contributed by atoms with Gasteiger partial charge in [-0.05, 0) is 142 Å². The van der Waals surface area contributed by atoms with Crippen molar-refractivity contribution in [3.8, 4) is 22.3 Å². The average molecular weight is 795 g/mol. The lowest BCUT2D eigenvalue weighted by Crippen LogP contribution is -2.09. The summed E-state index contributed by atoms with van der Waals surface area (Å²) in [5.74, 6) is 0. The van der Waals surface area contributed by atoms with Crippen molar-refractivity contribution in [2.24, 2.45) is 0 Å². The predicted octanol–water partition coefficient (Wildman–Crippen LogP) is 17.1. The minimum absolute atomic E-state index is 1.12. The van der Waals surface area contributed by atoms with Gasteiger partial charge in [0, 0.05) is 34.1 Å². The summed E-state index contributed by atoms with van der Waals surface area (Å²) in [6.07, 6.45) is 4.37. The topological polar surface area (TPSA) is 6.48 Å². The Labute approximate surface area is 364 Å². The zero-order valence-electron chi connectivity index (χ0n) is 35.0. The highest BCUT2D eigenvalue weighted by molar-refractivity contribution is 5.91. The van der Waals surface area contributed by atoms with Gasteiger partial charge >= 0.3 is 0 Å². The Morgan fingerprint density at radius 2 is 0.532 bits per heavy atom. The fourth-order valence-electron chi connectivity index (χ4n) is 8.29. The van der Waals surface area contributed by atoms with Crippen molar-refractivity contribution in [2.45, 2.75) is 13.8 Å². The number of aryl methyl sites for hydroxylation is 2. The first-order valence-electron chi connectivity index (χ1n) is 21.3. The van der Waals surface area contributed by atoms with Gasteiger partial charge in [0.2, 0.25) is 0 Å². The molecule has 0 saturated carbocycles. The second kappa shape index (κ2) is 17.0. The van der Waals surface area contributed by atoms with Crippen LogP contribution in [0.2, 0.25) is 0 Å². The Bertz CT molecular complexity index is 2930. The van der Waals surface area contributed by atoms with Crippen LogP contribution in [-0.2, 0) is 0 Å². The molecule has 0 unspecified atom stereocenters. The molecule has 0 atom stereocenters. The number of fused-ring (bicyclic) bond motifs is 2. The number of hydrogen-bond acceptors (Lipinski definition) is 2. The third-order valence-corrected chi connectivity index (χ3v) is 11.8. The van der Waals surface area contributed by atoms with Crippen LogP contribution in [0.3, 0.4) is 0 Å². The SMILES string of the molecule is Cc1ccc(N(c2ccc(-c3ccc(/C=C/c4ccc(-c5ccc(N(c6ccc(C)cc6)c6ccc7ccccc7c6)cc5)cc4)cc3)cc2)c2ccc3ccccc3c2)cc1. The van der Waals surface area contributed by atoms with Crippen LogP contribution in [0.1, 0.15) is 22.3 Å². The average Bonchev–Trinajstić information content (AvgIpc) is 3.33. The van der Waals surface area contributed by atoms with Crippen LogP contribution in [0.4, 0.5) is 34.1 Å². The molecule has 0 fully saturated rings. The van der Waals surface area contributed by atoms with Gasteiger partial charge in [-0.3, -0.25) is 0 Å². The van der Waals surface area contributed by atoms with Crippen molar-refractivity contribution in [1.29, 1.82) is 0 Å². The standard InChI is InChI=1S/C60H46N2/c1-43-11-31-55(32-12-43)61(59-39-29-47-7-3-5-9-53(47)41-59)57-35-25-51(26-36-57)49-21-17-45(18-22-49)15-16-46-19-23-50(24-20-46)52-27-37-58(38-28-52)62(56-33-13-44(2)14-34-56)60-40-30-48-8-4-6-10-54(48)42-60/h3-42H,1-2H3/b16-15+. The minimum atomic E-state index is 1.12. The molecule has 0 spiro atoms. The molecule has 2 nitrogen and oxygen atoms in total. The lowest BCUT2D eigenvalue weighted by molar-refractivity contribution is 1.28. The van der Waals surface area contributed by atoms with Gasteiger partial charge in [-0.2, -0.15) is 0 Å². The van der Waals surface area contributed by atoms with Crippen LogP contribution < -0.4 is 9.80 Å². The van der Waals surface area contributed by atoms with Crippen molar-refractivity contribution in [2.75, 3.05) is 9.80 Å². The van der Waals surface area contributed by atoms with Crippen molar-refractivity contribution in [1.82, 2.24) is 0 Å². The quantitative estimate of drug-likeness (QED) is 0.127. The molecule has 0 amide bonds. The van der Waals surface area contributed by atoms with Crippen LogP contribution in [0.25, 0.3) is 56.0 Å². The van der Waals surface area contributed by atoms with Gasteiger partial charge in [-0.25, -0.2) is 0 Å². The van der Waals surface area contributed by atoms with E-state index in [4.69, 9.17) is 0 Å². The Hall–Kier alpha value is -7.94. The largest absolute Gasteiger partial charge is 0.310 e. The van der Waals surface area contributed by atoms with Gasteiger partial charge < -0.3 is 9.80 Å². The summed E-state index contributed by atoms with van der Waals surface area (Å²) in [7, 11) is 0. The minimum Gasteiger partial charge on any atom is -0.310 e. The fraction of sp³-hybridized carbons (Fsp3) is 0.0333. The maximum atomic E-state index is 2.33. The van der Waals surface area contributed by atoms with Gasteiger partial charge in [-0.15, -0.1) is 0 Å². The third kappa shape index (κ3) is 8.15. The van der Waals surface area contributed by atoms with Crippen molar-refractivity contribution in [3.63, 3.8) is 0 Å². The molecule has 10 aromatic rings. The molecule has 0 aliphatic carbocycles. The van der Waals surface area contributed by atoms with E-state index >= 15 is 0 Å². The molecule has 0 aliphatic heterocycles. The van der Waals surface area contributed by atoms with Crippen LogP contribution in [0.5, 0.6) is 0 Å². The Balaban J connectivity index is 0.831. The first-order valence-corrected chi connectivity index (χ1v) is 21.3. The van der Waals surface area contributed by atoms with E-state index in [-0.39, 0.29) is 0 Å². The molecule has 0 radical (unpaired) electrons. The van der Waals surface area contributed by atoms with E-state index in [1.165, 1.54) is 54.9 Å². The van der Waals surface area contributed by atoms with E-state index in [1.807, 2.05) is 0 Å².